The van der Waals surface area contributed by atoms with E-state index in [1.54, 1.807) is 0 Å². The molecule has 1 nitrogen and oxygen atoms in total. The molecule has 0 spiro atoms. The van der Waals surface area contributed by atoms with Crippen LogP contribution in [0.2, 0.25) is 0 Å². The van der Waals surface area contributed by atoms with Crippen LogP contribution in [0.3, 0.4) is 0 Å². The van der Waals surface area contributed by atoms with Gasteiger partial charge in [-0.25, -0.2) is 0 Å². The molecule has 24 heavy (non-hydrogen) atoms. The van der Waals surface area contributed by atoms with Gasteiger partial charge >= 0.3 is 0 Å². The molecule has 0 aliphatic carbocycles. The van der Waals surface area contributed by atoms with E-state index in [1.807, 2.05) is 24.4 Å². The van der Waals surface area contributed by atoms with Crippen molar-refractivity contribution >= 4 is 32.3 Å². The van der Waals surface area contributed by atoms with Gasteiger partial charge in [0.1, 0.15) is 0 Å². The molecule has 0 bridgehead atoms. The predicted molar refractivity (Wildman–Crippen MR) is 102 cm³/mol. The normalized spacial score (nSPS) is 11.3. The Hall–Kier alpha value is -3.19. The summed E-state index contributed by atoms with van der Waals surface area (Å²) in [6.45, 7) is 0. The molecule has 0 saturated carbocycles. The standard InChI is InChI=1S/C23H15N/c1-2-7-17(8-3-1)23-14-18-11-13-20-19-9-5-4-6-16(19)10-12-21(20)22(18)15-24-23/h1-15H. The Morgan fingerprint density at radius 3 is 2.08 bits per heavy atom. The van der Waals surface area contributed by atoms with Crippen LogP contribution in [0, 0.1) is 0 Å². The van der Waals surface area contributed by atoms with Crippen LogP contribution < -0.4 is 0 Å². The van der Waals surface area contributed by atoms with Crippen molar-refractivity contribution < 1.29 is 0 Å². The fourth-order valence-corrected chi connectivity index (χ4v) is 3.48. The van der Waals surface area contributed by atoms with E-state index in [-0.39, 0.29) is 0 Å². The summed E-state index contributed by atoms with van der Waals surface area (Å²) in [5, 5.41) is 7.56. The lowest BCUT2D eigenvalue weighted by Crippen LogP contribution is -1.86. The predicted octanol–water partition coefficient (Wildman–Crippen LogP) is 6.21. The van der Waals surface area contributed by atoms with E-state index in [1.165, 1.54) is 32.3 Å². The van der Waals surface area contributed by atoms with E-state index in [4.69, 9.17) is 4.98 Å². The summed E-state index contributed by atoms with van der Waals surface area (Å²) >= 11 is 0. The number of hydrogen-bond donors (Lipinski definition) is 0. The minimum atomic E-state index is 1.02. The van der Waals surface area contributed by atoms with Crippen LogP contribution in [0.15, 0.2) is 91.1 Å². The molecular formula is C23H15N. The summed E-state index contributed by atoms with van der Waals surface area (Å²) in [4.78, 5) is 4.71. The van der Waals surface area contributed by atoms with E-state index >= 15 is 0 Å². The lowest BCUT2D eigenvalue weighted by molar-refractivity contribution is 1.36. The first-order valence-corrected chi connectivity index (χ1v) is 8.16. The fourth-order valence-electron chi connectivity index (χ4n) is 3.48. The zero-order valence-electron chi connectivity index (χ0n) is 13.1. The molecule has 1 aromatic heterocycles. The molecule has 0 radical (unpaired) electrons. The van der Waals surface area contributed by atoms with Crippen molar-refractivity contribution in [3.63, 3.8) is 0 Å². The third-order valence-corrected chi connectivity index (χ3v) is 4.70. The molecule has 0 saturated heterocycles. The number of hydrogen-bond acceptors (Lipinski definition) is 1. The van der Waals surface area contributed by atoms with Gasteiger partial charge in [0.15, 0.2) is 0 Å². The molecule has 5 aromatic rings. The van der Waals surface area contributed by atoms with Crippen LogP contribution in [0.4, 0.5) is 0 Å². The lowest BCUT2D eigenvalue weighted by atomic mass is 9.97. The Balaban J connectivity index is 1.81. The van der Waals surface area contributed by atoms with Gasteiger partial charge in [-0.3, -0.25) is 4.98 Å². The highest BCUT2D eigenvalue weighted by Gasteiger charge is 2.06. The number of fused-ring (bicyclic) bond motifs is 5. The first kappa shape index (κ1) is 13.3. The Labute approximate surface area is 140 Å². The molecule has 0 N–H and O–H groups in total. The van der Waals surface area contributed by atoms with Crippen LogP contribution in [-0.2, 0) is 0 Å². The molecule has 0 amide bonds. The Bertz CT molecular complexity index is 1190. The number of rotatable bonds is 1. The summed E-state index contributed by atoms with van der Waals surface area (Å²) in [5.74, 6) is 0. The van der Waals surface area contributed by atoms with Crippen molar-refractivity contribution in [2.75, 3.05) is 0 Å². The summed E-state index contributed by atoms with van der Waals surface area (Å²) in [6.07, 6.45) is 2.01. The van der Waals surface area contributed by atoms with Gasteiger partial charge in [0.05, 0.1) is 5.69 Å². The first-order valence-electron chi connectivity index (χ1n) is 8.16. The quantitative estimate of drug-likeness (QED) is 0.336. The first-order chi connectivity index (χ1) is 11.9. The van der Waals surface area contributed by atoms with Crippen LogP contribution in [0.1, 0.15) is 0 Å². The van der Waals surface area contributed by atoms with Gasteiger partial charge in [0.25, 0.3) is 0 Å². The highest BCUT2D eigenvalue weighted by molar-refractivity contribution is 6.17. The van der Waals surface area contributed by atoms with Crippen molar-refractivity contribution in [2.24, 2.45) is 0 Å². The van der Waals surface area contributed by atoms with Gasteiger partial charge in [0.2, 0.25) is 0 Å². The minimum Gasteiger partial charge on any atom is -0.256 e. The smallest absolute Gasteiger partial charge is 0.0708 e. The monoisotopic (exact) mass is 305 g/mol. The average molecular weight is 305 g/mol. The number of pyridine rings is 1. The maximum absolute atomic E-state index is 4.71. The number of nitrogens with zero attached hydrogens (tertiary/aromatic N) is 1. The molecule has 0 aliphatic heterocycles. The van der Waals surface area contributed by atoms with Gasteiger partial charge in [-0.05, 0) is 33.0 Å². The molecular weight excluding hydrogens is 290 g/mol. The third-order valence-electron chi connectivity index (χ3n) is 4.70. The zero-order chi connectivity index (χ0) is 15.9. The van der Waals surface area contributed by atoms with E-state index in [0.29, 0.717) is 0 Å². The topological polar surface area (TPSA) is 12.9 Å². The van der Waals surface area contributed by atoms with Crippen molar-refractivity contribution in [3.05, 3.63) is 91.1 Å². The van der Waals surface area contributed by atoms with Crippen LogP contribution in [-0.4, -0.2) is 4.98 Å². The molecule has 4 aromatic carbocycles. The average Bonchev–Trinajstić information content (AvgIpc) is 2.67. The second-order valence-corrected chi connectivity index (χ2v) is 6.10. The van der Waals surface area contributed by atoms with Crippen molar-refractivity contribution in [3.8, 4) is 11.3 Å². The van der Waals surface area contributed by atoms with Gasteiger partial charge in [0, 0.05) is 17.1 Å². The molecule has 1 heteroatoms. The third kappa shape index (κ3) is 1.99. The SMILES string of the molecule is c1ccc(-c2cc3ccc4c5ccccc5ccc4c3cn2)cc1. The van der Waals surface area contributed by atoms with Crippen LogP contribution in [0.5, 0.6) is 0 Å². The highest BCUT2D eigenvalue weighted by atomic mass is 14.7. The second kappa shape index (κ2) is 5.17. The molecule has 0 fully saturated rings. The number of benzene rings is 4. The van der Waals surface area contributed by atoms with Crippen molar-refractivity contribution in [2.45, 2.75) is 0 Å². The Morgan fingerprint density at radius 2 is 1.21 bits per heavy atom. The molecule has 0 unspecified atom stereocenters. The van der Waals surface area contributed by atoms with E-state index < -0.39 is 0 Å². The Morgan fingerprint density at radius 1 is 0.500 bits per heavy atom. The Kier molecular flexibility index (Phi) is 2.86. The van der Waals surface area contributed by atoms with Crippen LogP contribution >= 0.6 is 0 Å². The van der Waals surface area contributed by atoms with Gasteiger partial charge in [-0.2, -0.15) is 0 Å². The molecule has 0 atom stereocenters. The van der Waals surface area contributed by atoms with E-state index in [0.717, 1.165) is 11.3 Å². The summed E-state index contributed by atoms with van der Waals surface area (Å²) in [7, 11) is 0. The minimum absolute atomic E-state index is 1.02. The summed E-state index contributed by atoms with van der Waals surface area (Å²) in [5.41, 5.74) is 2.17. The molecule has 112 valence electrons. The second-order valence-electron chi connectivity index (χ2n) is 6.10. The van der Waals surface area contributed by atoms with Gasteiger partial charge in [-0.1, -0.05) is 78.9 Å². The molecule has 1 heterocycles. The molecule has 5 rings (SSSR count). The largest absolute Gasteiger partial charge is 0.256 e. The van der Waals surface area contributed by atoms with Crippen molar-refractivity contribution in [1.29, 1.82) is 0 Å². The maximum atomic E-state index is 4.71. The lowest BCUT2D eigenvalue weighted by Gasteiger charge is -2.09. The van der Waals surface area contributed by atoms with Crippen LogP contribution in [0.25, 0.3) is 43.6 Å². The number of aromatic nitrogens is 1. The van der Waals surface area contributed by atoms with Gasteiger partial charge < -0.3 is 0 Å². The fraction of sp³-hybridized carbons (Fsp3) is 0. The summed E-state index contributed by atoms with van der Waals surface area (Å²) < 4.78 is 0. The van der Waals surface area contributed by atoms with Crippen molar-refractivity contribution in [1.82, 2.24) is 4.98 Å². The molecule has 0 aliphatic rings. The zero-order valence-corrected chi connectivity index (χ0v) is 13.1. The van der Waals surface area contributed by atoms with E-state index in [9.17, 15) is 0 Å². The highest BCUT2D eigenvalue weighted by Crippen LogP contribution is 2.32. The van der Waals surface area contributed by atoms with Gasteiger partial charge in [-0.15, -0.1) is 0 Å². The maximum Gasteiger partial charge on any atom is 0.0708 e. The summed E-state index contributed by atoms with van der Waals surface area (Å²) in [6, 6.07) is 29.9. The van der Waals surface area contributed by atoms with E-state index in [2.05, 4.69) is 66.7 Å².